The summed E-state index contributed by atoms with van der Waals surface area (Å²) in [7, 11) is 1.88. The minimum Gasteiger partial charge on any atom is -0.341 e. The molecule has 7 heteroatoms. The Morgan fingerprint density at radius 3 is 2.71 bits per heavy atom. The van der Waals surface area contributed by atoms with Gasteiger partial charge in [-0.25, -0.2) is 4.98 Å². The molecule has 0 saturated carbocycles. The molecule has 0 radical (unpaired) electrons. The number of benzene rings is 1. The van der Waals surface area contributed by atoms with Crippen LogP contribution in [0.2, 0.25) is 5.02 Å². The number of imidazole rings is 1. The molecule has 6 nitrogen and oxygen atoms in total. The van der Waals surface area contributed by atoms with E-state index in [1.807, 2.05) is 29.9 Å². The molecule has 126 valence electrons. The lowest BCUT2D eigenvalue weighted by Crippen LogP contribution is -2.40. The highest BCUT2D eigenvalue weighted by Gasteiger charge is 2.25. The Bertz CT molecular complexity index is 741. The Kier molecular flexibility index (Phi) is 4.85. The molecule has 1 atom stereocenters. The number of carbonyl (C=O) groups excluding carboxylic acids is 2. The first kappa shape index (κ1) is 16.5. The van der Waals surface area contributed by atoms with Gasteiger partial charge >= 0.3 is 0 Å². The van der Waals surface area contributed by atoms with Gasteiger partial charge in [0.05, 0.1) is 6.54 Å². The van der Waals surface area contributed by atoms with Gasteiger partial charge in [0.2, 0.25) is 11.8 Å². The summed E-state index contributed by atoms with van der Waals surface area (Å²) in [5.41, 5.74) is 0.884. The molecule has 1 aliphatic rings. The lowest BCUT2D eigenvalue weighted by atomic mass is 10.1. The van der Waals surface area contributed by atoms with Crippen LogP contribution in [-0.2, 0) is 16.6 Å². The zero-order valence-corrected chi connectivity index (χ0v) is 14.2. The summed E-state index contributed by atoms with van der Waals surface area (Å²) >= 11 is 5.96. The summed E-state index contributed by atoms with van der Waals surface area (Å²) in [6.07, 6.45) is 4.85. The molecule has 2 heterocycles. The van der Waals surface area contributed by atoms with Gasteiger partial charge in [-0.2, -0.15) is 0 Å². The second-order valence-corrected chi connectivity index (χ2v) is 6.30. The van der Waals surface area contributed by atoms with E-state index < -0.39 is 6.04 Å². The number of likely N-dealkylation sites (tertiary alicyclic amines) is 1. The molecule has 1 aromatic carbocycles. The van der Waals surface area contributed by atoms with Crippen LogP contribution < -0.4 is 5.32 Å². The van der Waals surface area contributed by atoms with E-state index in [1.54, 1.807) is 23.2 Å². The maximum Gasteiger partial charge on any atom is 0.240 e. The number of aromatic nitrogens is 2. The third-order valence-corrected chi connectivity index (χ3v) is 4.38. The van der Waals surface area contributed by atoms with Crippen molar-refractivity contribution in [2.75, 3.05) is 13.1 Å². The third kappa shape index (κ3) is 3.59. The van der Waals surface area contributed by atoms with Crippen LogP contribution >= 0.6 is 11.6 Å². The fraction of sp³-hybridized carbons (Fsp3) is 0.353. The zero-order valence-electron chi connectivity index (χ0n) is 13.4. The number of carbonyl (C=O) groups is 2. The Hall–Kier alpha value is -2.34. The van der Waals surface area contributed by atoms with Gasteiger partial charge in [0, 0.05) is 37.4 Å². The fourth-order valence-corrected chi connectivity index (χ4v) is 2.98. The molecule has 1 aromatic heterocycles. The Balaban J connectivity index is 1.80. The van der Waals surface area contributed by atoms with E-state index in [9.17, 15) is 9.59 Å². The zero-order chi connectivity index (χ0) is 17.1. The molecule has 2 amide bonds. The van der Waals surface area contributed by atoms with Gasteiger partial charge in [0.15, 0.2) is 0 Å². The number of amides is 2. The molecule has 0 unspecified atom stereocenters. The van der Waals surface area contributed by atoms with Crippen molar-refractivity contribution in [3.8, 4) is 0 Å². The lowest BCUT2D eigenvalue weighted by molar-refractivity contribution is -0.133. The van der Waals surface area contributed by atoms with E-state index >= 15 is 0 Å². The molecule has 1 N–H and O–H groups in total. The van der Waals surface area contributed by atoms with Crippen LogP contribution in [0.4, 0.5) is 0 Å². The first-order chi connectivity index (χ1) is 11.5. The second kappa shape index (κ2) is 7.05. The van der Waals surface area contributed by atoms with Crippen LogP contribution in [0.3, 0.4) is 0 Å². The fourth-order valence-electron chi connectivity index (χ4n) is 2.86. The van der Waals surface area contributed by atoms with Gasteiger partial charge in [-0.1, -0.05) is 23.7 Å². The third-order valence-electron chi connectivity index (χ3n) is 4.13. The quantitative estimate of drug-likeness (QED) is 0.899. The average Bonchev–Trinajstić information content (AvgIpc) is 3.15. The van der Waals surface area contributed by atoms with Crippen LogP contribution in [0.15, 0.2) is 36.7 Å². The van der Waals surface area contributed by atoms with Crippen LogP contribution in [0.1, 0.15) is 30.3 Å². The maximum atomic E-state index is 12.4. The van der Waals surface area contributed by atoms with E-state index in [0.29, 0.717) is 18.0 Å². The lowest BCUT2D eigenvalue weighted by Gasteiger charge is -2.21. The molecule has 3 rings (SSSR count). The second-order valence-electron chi connectivity index (χ2n) is 5.87. The summed E-state index contributed by atoms with van der Waals surface area (Å²) < 4.78 is 1.86. The number of nitrogens with one attached hydrogen (secondary N) is 1. The van der Waals surface area contributed by atoms with Gasteiger partial charge in [-0.3, -0.25) is 9.59 Å². The van der Waals surface area contributed by atoms with Crippen LogP contribution in [0.25, 0.3) is 0 Å². The van der Waals surface area contributed by atoms with Crippen molar-refractivity contribution in [1.29, 1.82) is 0 Å². The van der Waals surface area contributed by atoms with Crippen LogP contribution in [0.5, 0.6) is 0 Å². The first-order valence-electron chi connectivity index (χ1n) is 7.84. The predicted molar refractivity (Wildman–Crippen MR) is 90.5 cm³/mol. The highest BCUT2D eigenvalue weighted by atomic mass is 35.5. The average molecular weight is 347 g/mol. The molecule has 1 fully saturated rings. The number of rotatable bonds is 5. The SMILES string of the molecule is Cn1ccnc1[C@@H](NC(=O)CN1CCCC1=O)c1ccc(Cl)cc1. The number of hydrogen-bond acceptors (Lipinski definition) is 3. The van der Waals surface area contributed by atoms with Gasteiger partial charge in [0.1, 0.15) is 11.9 Å². The molecule has 2 aromatic rings. The summed E-state index contributed by atoms with van der Waals surface area (Å²) in [4.78, 5) is 30.1. The number of nitrogens with zero attached hydrogens (tertiary/aromatic N) is 3. The van der Waals surface area contributed by atoms with Gasteiger partial charge in [-0.05, 0) is 24.1 Å². The molecule has 1 saturated heterocycles. The molecule has 24 heavy (non-hydrogen) atoms. The van der Waals surface area contributed by atoms with E-state index in [1.165, 1.54) is 0 Å². The number of hydrogen-bond donors (Lipinski definition) is 1. The summed E-state index contributed by atoms with van der Waals surface area (Å²) in [6.45, 7) is 0.716. The predicted octanol–water partition coefficient (Wildman–Crippen LogP) is 1.90. The normalized spacial score (nSPS) is 15.6. The van der Waals surface area contributed by atoms with Gasteiger partial charge in [-0.15, -0.1) is 0 Å². The number of aryl methyl sites for hydroxylation is 1. The summed E-state index contributed by atoms with van der Waals surface area (Å²) in [6, 6.07) is 6.89. The largest absolute Gasteiger partial charge is 0.341 e. The van der Waals surface area contributed by atoms with Crippen molar-refractivity contribution in [2.24, 2.45) is 7.05 Å². The Morgan fingerprint density at radius 2 is 2.12 bits per heavy atom. The molecule has 1 aliphatic heterocycles. The Morgan fingerprint density at radius 1 is 1.38 bits per heavy atom. The van der Waals surface area contributed by atoms with E-state index in [4.69, 9.17) is 11.6 Å². The van der Waals surface area contributed by atoms with Crippen LogP contribution in [0, 0.1) is 0 Å². The van der Waals surface area contributed by atoms with Crippen molar-refractivity contribution in [3.05, 3.63) is 53.1 Å². The van der Waals surface area contributed by atoms with E-state index in [0.717, 1.165) is 17.8 Å². The van der Waals surface area contributed by atoms with Gasteiger partial charge in [0.25, 0.3) is 0 Å². The first-order valence-corrected chi connectivity index (χ1v) is 8.22. The maximum absolute atomic E-state index is 12.4. The number of halogens is 1. The standard InChI is InChI=1S/C17H19ClN4O2/c1-21-10-8-19-17(21)16(12-4-6-13(18)7-5-12)20-14(23)11-22-9-2-3-15(22)24/h4-8,10,16H,2-3,9,11H2,1H3,(H,20,23)/t16-/m0/s1. The minimum absolute atomic E-state index is 0.0326. The van der Waals surface area contributed by atoms with E-state index in [-0.39, 0.29) is 18.4 Å². The monoisotopic (exact) mass is 346 g/mol. The summed E-state index contributed by atoms with van der Waals surface area (Å²) in [5.74, 6) is 0.553. The van der Waals surface area contributed by atoms with Crippen molar-refractivity contribution >= 4 is 23.4 Å². The molecular weight excluding hydrogens is 328 g/mol. The highest BCUT2D eigenvalue weighted by Crippen LogP contribution is 2.22. The van der Waals surface area contributed by atoms with Crippen molar-refractivity contribution < 1.29 is 9.59 Å². The molecular formula is C17H19ClN4O2. The topological polar surface area (TPSA) is 67.2 Å². The molecule has 0 spiro atoms. The van der Waals surface area contributed by atoms with Crippen molar-refractivity contribution in [3.63, 3.8) is 0 Å². The van der Waals surface area contributed by atoms with E-state index in [2.05, 4.69) is 10.3 Å². The molecule has 0 bridgehead atoms. The highest BCUT2D eigenvalue weighted by molar-refractivity contribution is 6.30. The molecule has 0 aliphatic carbocycles. The van der Waals surface area contributed by atoms with Crippen LogP contribution in [-0.4, -0.2) is 39.4 Å². The van der Waals surface area contributed by atoms with Crippen molar-refractivity contribution in [1.82, 2.24) is 19.8 Å². The van der Waals surface area contributed by atoms with Crippen molar-refractivity contribution in [2.45, 2.75) is 18.9 Å². The van der Waals surface area contributed by atoms with Gasteiger partial charge < -0.3 is 14.8 Å². The Labute approximate surface area is 145 Å². The minimum atomic E-state index is -0.396. The smallest absolute Gasteiger partial charge is 0.240 e. The summed E-state index contributed by atoms with van der Waals surface area (Å²) in [5, 5.41) is 3.62.